The fourth-order valence-electron chi connectivity index (χ4n) is 2.77. The molecule has 0 aromatic heterocycles. The Bertz CT molecular complexity index is 360. The highest BCUT2D eigenvalue weighted by atomic mass is 16.5. The summed E-state index contributed by atoms with van der Waals surface area (Å²) < 4.78 is 5.40. The summed E-state index contributed by atoms with van der Waals surface area (Å²) in [5.74, 6) is 1.80. The summed E-state index contributed by atoms with van der Waals surface area (Å²) in [6.45, 7) is 2.10. The van der Waals surface area contributed by atoms with Crippen molar-refractivity contribution in [2.75, 3.05) is 7.11 Å². The van der Waals surface area contributed by atoms with Crippen LogP contribution in [0.3, 0.4) is 0 Å². The van der Waals surface area contributed by atoms with Gasteiger partial charge in [0, 0.05) is 6.04 Å². The first-order chi connectivity index (χ1) is 7.70. The van der Waals surface area contributed by atoms with Gasteiger partial charge in [0.2, 0.25) is 0 Å². The van der Waals surface area contributed by atoms with Gasteiger partial charge >= 0.3 is 0 Å². The summed E-state index contributed by atoms with van der Waals surface area (Å²) in [5.41, 5.74) is 8.74. The number of fused-ring (bicyclic) bond motifs is 1. The Hall–Kier alpha value is -1.02. The van der Waals surface area contributed by atoms with Crippen molar-refractivity contribution in [1.29, 1.82) is 0 Å². The van der Waals surface area contributed by atoms with Gasteiger partial charge in [-0.1, -0.05) is 12.1 Å². The molecule has 2 heteroatoms. The monoisotopic (exact) mass is 219 g/mol. The average molecular weight is 219 g/mol. The average Bonchev–Trinajstić information content (AvgIpc) is 2.27. The maximum atomic E-state index is 5.87. The molecule has 2 rings (SSSR count). The molecule has 88 valence electrons. The molecule has 0 aliphatic heterocycles. The van der Waals surface area contributed by atoms with Gasteiger partial charge in [-0.2, -0.15) is 0 Å². The number of hydrogen-bond acceptors (Lipinski definition) is 2. The van der Waals surface area contributed by atoms with Gasteiger partial charge in [0.1, 0.15) is 5.75 Å². The summed E-state index contributed by atoms with van der Waals surface area (Å²) >= 11 is 0. The van der Waals surface area contributed by atoms with Crippen LogP contribution in [0.15, 0.2) is 18.2 Å². The predicted molar refractivity (Wildman–Crippen MR) is 66.8 cm³/mol. The summed E-state index contributed by atoms with van der Waals surface area (Å²) in [4.78, 5) is 0. The smallest absolute Gasteiger partial charge is 0.122 e. The summed E-state index contributed by atoms with van der Waals surface area (Å²) in [6, 6.07) is 6.69. The second kappa shape index (κ2) is 4.88. The van der Waals surface area contributed by atoms with E-state index in [1.165, 1.54) is 17.5 Å². The number of methoxy groups -OCH3 is 1. The zero-order valence-corrected chi connectivity index (χ0v) is 10.2. The normalized spacial score (nSPS) is 21.3. The van der Waals surface area contributed by atoms with Gasteiger partial charge in [-0.05, 0) is 55.7 Å². The molecular weight excluding hydrogens is 198 g/mol. The van der Waals surface area contributed by atoms with Crippen LogP contribution in [0.5, 0.6) is 5.75 Å². The van der Waals surface area contributed by atoms with Gasteiger partial charge in [-0.25, -0.2) is 0 Å². The minimum Gasteiger partial charge on any atom is -0.496 e. The van der Waals surface area contributed by atoms with Crippen LogP contribution in [0.1, 0.15) is 30.9 Å². The third kappa shape index (κ3) is 2.38. The number of rotatable bonds is 3. The SMILES string of the molecule is COc1cccc2c1CCC(CC(C)N)C2. The predicted octanol–water partition coefficient (Wildman–Crippen LogP) is 2.54. The van der Waals surface area contributed by atoms with Crippen LogP contribution in [-0.4, -0.2) is 13.2 Å². The van der Waals surface area contributed by atoms with Crippen LogP contribution in [0.2, 0.25) is 0 Å². The zero-order valence-electron chi connectivity index (χ0n) is 10.2. The maximum Gasteiger partial charge on any atom is 0.122 e. The van der Waals surface area contributed by atoms with Crippen LogP contribution in [0.25, 0.3) is 0 Å². The van der Waals surface area contributed by atoms with Crippen molar-refractivity contribution in [2.24, 2.45) is 11.7 Å². The standard InChI is InChI=1S/C14H21NO/c1-10(15)8-11-6-7-13-12(9-11)4-3-5-14(13)16-2/h3-5,10-11H,6-9,15H2,1-2H3. The summed E-state index contributed by atoms with van der Waals surface area (Å²) in [6.07, 6.45) is 4.68. The molecule has 0 amide bonds. The van der Waals surface area contributed by atoms with E-state index in [2.05, 4.69) is 25.1 Å². The zero-order chi connectivity index (χ0) is 11.5. The highest BCUT2D eigenvalue weighted by molar-refractivity contribution is 5.41. The van der Waals surface area contributed by atoms with Gasteiger partial charge in [-0.3, -0.25) is 0 Å². The van der Waals surface area contributed by atoms with E-state index < -0.39 is 0 Å². The highest BCUT2D eigenvalue weighted by Crippen LogP contribution is 2.33. The van der Waals surface area contributed by atoms with E-state index in [1.807, 2.05) is 0 Å². The van der Waals surface area contributed by atoms with Crippen LogP contribution in [0.4, 0.5) is 0 Å². The molecule has 0 saturated carbocycles. The van der Waals surface area contributed by atoms with Gasteiger partial charge in [0.05, 0.1) is 7.11 Å². The summed E-state index contributed by atoms with van der Waals surface area (Å²) in [7, 11) is 1.75. The second-order valence-corrected chi connectivity index (χ2v) is 4.92. The van der Waals surface area contributed by atoms with Crippen molar-refractivity contribution < 1.29 is 4.74 Å². The van der Waals surface area contributed by atoms with Crippen molar-refractivity contribution >= 4 is 0 Å². The molecule has 2 N–H and O–H groups in total. The number of benzene rings is 1. The number of nitrogens with two attached hydrogens (primary N) is 1. The molecule has 1 aromatic carbocycles. The molecule has 0 saturated heterocycles. The van der Waals surface area contributed by atoms with Crippen LogP contribution < -0.4 is 10.5 Å². The quantitative estimate of drug-likeness (QED) is 0.848. The van der Waals surface area contributed by atoms with E-state index in [0.29, 0.717) is 6.04 Å². The van der Waals surface area contributed by atoms with Crippen LogP contribution >= 0.6 is 0 Å². The lowest BCUT2D eigenvalue weighted by Crippen LogP contribution is -2.24. The lowest BCUT2D eigenvalue weighted by atomic mass is 9.81. The molecule has 0 spiro atoms. The molecule has 1 aliphatic carbocycles. The van der Waals surface area contributed by atoms with Crippen molar-refractivity contribution in [2.45, 2.75) is 38.6 Å². The van der Waals surface area contributed by atoms with Crippen molar-refractivity contribution in [3.8, 4) is 5.75 Å². The molecular formula is C14H21NO. The molecule has 1 aliphatic rings. The van der Waals surface area contributed by atoms with E-state index in [0.717, 1.165) is 30.9 Å². The van der Waals surface area contributed by atoms with E-state index in [-0.39, 0.29) is 0 Å². The molecule has 0 fully saturated rings. The molecule has 2 nitrogen and oxygen atoms in total. The Labute approximate surface area is 97.8 Å². The molecule has 0 bridgehead atoms. The van der Waals surface area contributed by atoms with Gasteiger partial charge in [0.15, 0.2) is 0 Å². The fraction of sp³-hybridized carbons (Fsp3) is 0.571. The molecule has 16 heavy (non-hydrogen) atoms. The van der Waals surface area contributed by atoms with Gasteiger partial charge < -0.3 is 10.5 Å². The number of ether oxygens (including phenoxy) is 1. The largest absolute Gasteiger partial charge is 0.496 e. The first-order valence-electron chi connectivity index (χ1n) is 6.11. The van der Waals surface area contributed by atoms with E-state index in [1.54, 1.807) is 7.11 Å². The first-order valence-corrected chi connectivity index (χ1v) is 6.11. The molecule has 0 heterocycles. The summed E-state index contributed by atoms with van der Waals surface area (Å²) in [5, 5.41) is 0. The number of hydrogen-bond donors (Lipinski definition) is 1. The molecule has 2 atom stereocenters. The Morgan fingerprint density at radius 3 is 3.00 bits per heavy atom. The third-order valence-electron chi connectivity index (χ3n) is 3.47. The molecule has 1 aromatic rings. The van der Waals surface area contributed by atoms with Crippen LogP contribution in [0, 0.1) is 5.92 Å². The highest BCUT2D eigenvalue weighted by Gasteiger charge is 2.21. The topological polar surface area (TPSA) is 35.2 Å². The Kier molecular flexibility index (Phi) is 3.49. The van der Waals surface area contributed by atoms with E-state index in [9.17, 15) is 0 Å². The lowest BCUT2D eigenvalue weighted by molar-refractivity contribution is 0.376. The fourth-order valence-corrected chi connectivity index (χ4v) is 2.77. The minimum absolute atomic E-state index is 0.317. The van der Waals surface area contributed by atoms with E-state index >= 15 is 0 Å². The van der Waals surface area contributed by atoms with Crippen molar-refractivity contribution in [1.82, 2.24) is 0 Å². The molecule has 2 unspecified atom stereocenters. The van der Waals surface area contributed by atoms with E-state index in [4.69, 9.17) is 10.5 Å². The van der Waals surface area contributed by atoms with Crippen molar-refractivity contribution in [3.05, 3.63) is 29.3 Å². The third-order valence-corrected chi connectivity index (χ3v) is 3.47. The van der Waals surface area contributed by atoms with Crippen LogP contribution in [-0.2, 0) is 12.8 Å². The maximum absolute atomic E-state index is 5.87. The lowest BCUT2D eigenvalue weighted by Gasteiger charge is -2.26. The first kappa shape index (κ1) is 11.5. The van der Waals surface area contributed by atoms with Gasteiger partial charge in [-0.15, -0.1) is 0 Å². The Morgan fingerprint density at radius 2 is 2.31 bits per heavy atom. The van der Waals surface area contributed by atoms with Crippen molar-refractivity contribution in [3.63, 3.8) is 0 Å². The second-order valence-electron chi connectivity index (χ2n) is 4.92. The molecule has 0 radical (unpaired) electrons. The Morgan fingerprint density at radius 1 is 1.50 bits per heavy atom. The Balaban J connectivity index is 2.15. The minimum atomic E-state index is 0.317. The van der Waals surface area contributed by atoms with Gasteiger partial charge in [0.25, 0.3) is 0 Å².